The highest BCUT2D eigenvalue weighted by Gasteiger charge is 2.18. The molecule has 3 rings (SSSR count). The molecule has 9 heteroatoms. The van der Waals surface area contributed by atoms with Crippen molar-refractivity contribution < 1.29 is 9.90 Å². The fourth-order valence-electron chi connectivity index (χ4n) is 2.05. The minimum absolute atomic E-state index is 0. The summed E-state index contributed by atoms with van der Waals surface area (Å²) < 4.78 is 0.490. The van der Waals surface area contributed by atoms with E-state index in [1.165, 1.54) is 11.3 Å². The van der Waals surface area contributed by atoms with E-state index in [0.717, 1.165) is 10.6 Å². The quantitative estimate of drug-likeness (QED) is 0.744. The van der Waals surface area contributed by atoms with Gasteiger partial charge in [0, 0.05) is 12.4 Å². The van der Waals surface area contributed by atoms with Gasteiger partial charge in [-0.05, 0) is 25.5 Å². The van der Waals surface area contributed by atoms with E-state index in [0.29, 0.717) is 10.3 Å². The Balaban J connectivity index is 0.00000192. The number of hydrogen-bond donors (Lipinski definition) is 2. The van der Waals surface area contributed by atoms with Crippen LogP contribution in [0.1, 0.15) is 34.0 Å². The highest BCUT2D eigenvalue weighted by molar-refractivity contribution is 7.18. The Labute approximate surface area is 142 Å². The van der Waals surface area contributed by atoms with Crippen molar-refractivity contribution in [2.75, 3.05) is 5.32 Å². The van der Waals surface area contributed by atoms with Gasteiger partial charge >= 0.3 is 5.97 Å². The van der Waals surface area contributed by atoms with Crippen molar-refractivity contribution in [3.05, 3.63) is 40.8 Å². The van der Waals surface area contributed by atoms with E-state index < -0.39 is 5.97 Å². The number of anilines is 1. The molecule has 0 aliphatic carbocycles. The van der Waals surface area contributed by atoms with Crippen LogP contribution in [0.25, 0.3) is 10.3 Å². The third-order valence-electron chi connectivity index (χ3n) is 3.09. The number of halogens is 1. The molecule has 7 nitrogen and oxygen atoms in total. The van der Waals surface area contributed by atoms with Crippen LogP contribution in [0.5, 0.6) is 0 Å². The maximum atomic E-state index is 11.4. The smallest absolute Gasteiger partial charge is 0.356 e. The average Bonchev–Trinajstić information content (AvgIpc) is 2.87. The predicted octanol–water partition coefficient (Wildman–Crippen LogP) is 3.08. The number of fused-ring (bicyclic) bond motifs is 1. The lowest BCUT2D eigenvalue weighted by molar-refractivity contribution is 0.0693. The van der Waals surface area contributed by atoms with Crippen LogP contribution < -0.4 is 5.32 Å². The van der Waals surface area contributed by atoms with Crippen molar-refractivity contribution in [3.63, 3.8) is 0 Å². The monoisotopic (exact) mass is 351 g/mol. The number of thiazole rings is 1. The lowest BCUT2D eigenvalue weighted by atomic mass is 10.1. The molecule has 0 aliphatic heterocycles. The lowest BCUT2D eigenvalue weighted by Crippen LogP contribution is -2.12. The molecule has 3 aromatic heterocycles. The zero-order valence-electron chi connectivity index (χ0n) is 12.3. The third-order valence-corrected chi connectivity index (χ3v) is 4.06. The van der Waals surface area contributed by atoms with Crippen LogP contribution in [0.4, 0.5) is 5.95 Å². The number of aromatic nitrogens is 4. The van der Waals surface area contributed by atoms with Crippen LogP contribution in [-0.4, -0.2) is 31.0 Å². The van der Waals surface area contributed by atoms with E-state index in [1.54, 1.807) is 12.4 Å². The van der Waals surface area contributed by atoms with Crippen LogP contribution in [0.2, 0.25) is 0 Å². The maximum absolute atomic E-state index is 11.4. The Morgan fingerprint density at radius 3 is 2.78 bits per heavy atom. The summed E-state index contributed by atoms with van der Waals surface area (Å²) in [5, 5.41) is 13.2. The minimum atomic E-state index is -1.09. The van der Waals surface area contributed by atoms with Crippen molar-refractivity contribution in [1.82, 2.24) is 19.9 Å². The van der Waals surface area contributed by atoms with Crippen molar-refractivity contribution in [2.24, 2.45) is 0 Å². The molecule has 0 spiro atoms. The number of rotatable bonds is 4. The van der Waals surface area contributed by atoms with Gasteiger partial charge in [-0.25, -0.2) is 14.8 Å². The molecule has 23 heavy (non-hydrogen) atoms. The first-order chi connectivity index (χ1) is 10.5. The molecule has 0 amide bonds. The van der Waals surface area contributed by atoms with Crippen molar-refractivity contribution >= 4 is 46.0 Å². The molecule has 2 N–H and O–H groups in total. The molecular weight excluding hydrogens is 338 g/mol. The van der Waals surface area contributed by atoms with Crippen LogP contribution in [0, 0.1) is 6.92 Å². The largest absolute Gasteiger partial charge is 0.476 e. The van der Waals surface area contributed by atoms with Crippen molar-refractivity contribution in [2.45, 2.75) is 19.9 Å². The average molecular weight is 352 g/mol. The third kappa shape index (κ3) is 3.54. The number of hydrogen-bond acceptors (Lipinski definition) is 7. The zero-order chi connectivity index (χ0) is 15.7. The molecule has 1 unspecified atom stereocenters. The van der Waals surface area contributed by atoms with E-state index in [2.05, 4.69) is 25.3 Å². The fourth-order valence-corrected chi connectivity index (χ4v) is 2.89. The summed E-state index contributed by atoms with van der Waals surface area (Å²) in [5.74, 6) is -0.848. The first-order valence-corrected chi connectivity index (χ1v) is 7.41. The molecule has 0 radical (unpaired) electrons. The number of nitrogens with zero attached hydrogens (tertiary/aromatic N) is 4. The highest BCUT2D eigenvalue weighted by Crippen LogP contribution is 2.25. The van der Waals surface area contributed by atoms with Gasteiger partial charge in [0.05, 0.1) is 11.0 Å². The maximum Gasteiger partial charge on any atom is 0.356 e. The second-order valence-electron chi connectivity index (χ2n) is 4.74. The zero-order valence-corrected chi connectivity index (χ0v) is 14.0. The number of aryl methyl sites for hydroxylation is 1. The molecule has 120 valence electrons. The molecule has 0 saturated heterocycles. The lowest BCUT2D eigenvalue weighted by Gasteiger charge is -2.13. The standard InChI is InChI=1S/C14H13N5O2S.ClH/c1-7(9-4-3-5-15-6-9)16-14-18-10(13(20)21)11-12(19-14)17-8(2)22-11;/h3-7H,1-2H3,(H,20,21)(H,16,18,19);1H. The Hall–Kier alpha value is -2.32. The molecule has 0 saturated carbocycles. The van der Waals surface area contributed by atoms with Gasteiger partial charge in [-0.15, -0.1) is 23.7 Å². The fraction of sp³-hybridized carbons (Fsp3) is 0.214. The molecule has 1 atom stereocenters. The molecular formula is C14H14ClN5O2S. The Kier molecular flexibility index (Phi) is 5.07. The number of carbonyl (C=O) groups is 1. The summed E-state index contributed by atoms with van der Waals surface area (Å²) >= 11 is 1.28. The predicted molar refractivity (Wildman–Crippen MR) is 90.4 cm³/mol. The molecule has 0 aliphatic rings. The minimum Gasteiger partial charge on any atom is -0.476 e. The van der Waals surface area contributed by atoms with Gasteiger partial charge in [0.2, 0.25) is 5.95 Å². The summed E-state index contributed by atoms with van der Waals surface area (Å²) in [6, 6.07) is 3.66. The van der Waals surface area contributed by atoms with Gasteiger partial charge in [0.15, 0.2) is 11.3 Å². The Morgan fingerprint density at radius 2 is 2.13 bits per heavy atom. The molecule has 0 fully saturated rings. The second-order valence-corrected chi connectivity index (χ2v) is 5.94. The van der Waals surface area contributed by atoms with Gasteiger partial charge < -0.3 is 10.4 Å². The normalized spacial score (nSPS) is 11.7. The van der Waals surface area contributed by atoms with Crippen LogP contribution in [0.3, 0.4) is 0 Å². The molecule has 0 bridgehead atoms. The highest BCUT2D eigenvalue weighted by atomic mass is 35.5. The number of carboxylic acid groups (broad SMARTS) is 1. The van der Waals surface area contributed by atoms with Gasteiger partial charge in [-0.1, -0.05) is 6.07 Å². The second kappa shape index (κ2) is 6.84. The Bertz CT molecular complexity index is 840. The number of pyridine rings is 1. The summed E-state index contributed by atoms with van der Waals surface area (Å²) in [6.45, 7) is 3.74. The van der Waals surface area contributed by atoms with Crippen molar-refractivity contribution in [3.8, 4) is 0 Å². The van der Waals surface area contributed by atoms with E-state index in [9.17, 15) is 9.90 Å². The number of nitrogens with one attached hydrogen (secondary N) is 1. The first-order valence-electron chi connectivity index (χ1n) is 6.59. The molecule has 3 aromatic rings. The van der Waals surface area contributed by atoms with Crippen LogP contribution in [-0.2, 0) is 0 Å². The first kappa shape index (κ1) is 17.0. The van der Waals surface area contributed by atoms with E-state index >= 15 is 0 Å². The summed E-state index contributed by atoms with van der Waals surface area (Å²) in [5.41, 5.74) is 1.32. The van der Waals surface area contributed by atoms with Crippen LogP contribution in [0.15, 0.2) is 24.5 Å². The molecule has 3 heterocycles. The number of aromatic carboxylic acids is 1. The van der Waals surface area contributed by atoms with E-state index in [4.69, 9.17) is 0 Å². The SMILES string of the molecule is Cc1nc2nc(NC(C)c3cccnc3)nc(C(=O)O)c2s1.Cl. The Morgan fingerprint density at radius 1 is 1.35 bits per heavy atom. The van der Waals surface area contributed by atoms with Crippen molar-refractivity contribution in [1.29, 1.82) is 0 Å². The van der Waals surface area contributed by atoms with Gasteiger partial charge in [-0.3, -0.25) is 4.98 Å². The summed E-state index contributed by atoms with van der Waals surface area (Å²) in [6.07, 6.45) is 3.43. The van der Waals surface area contributed by atoms with E-state index in [-0.39, 0.29) is 30.1 Å². The number of carboxylic acids is 1. The topological polar surface area (TPSA) is 101 Å². The molecule has 0 aromatic carbocycles. The van der Waals surface area contributed by atoms with Gasteiger partial charge in [0.25, 0.3) is 0 Å². The summed E-state index contributed by atoms with van der Waals surface area (Å²) in [4.78, 5) is 28.1. The van der Waals surface area contributed by atoms with Gasteiger partial charge in [-0.2, -0.15) is 4.98 Å². The summed E-state index contributed by atoms with van der Waals surface area (Å²) in [7, 11) is 0. The van der Waals surface area contributed by atoms with E-state index in [1.807, 2.05) is 26.0 Å². The van der Waals surface area contributed by atoms with Gasteiger partial charge in [0.1, 0.15) is 4.70 Å². The van der Waals surface area contributed by atoms with Crippen LogP contribution >= 0.6 is 23.7 Å².